The largest absolute Gasteiger partial charge is 0.497 e. The third-order valence-electron chi connectivity index (χ3n) is 17.9. The van der Waals surface area contributed by atoms with Gasteiger partial charge in [-0.2, -0.15) is 0 Å². The summed E-state index contributed by atoms with van der Waals surface area (Å²) in [7, 11) is 2.98. The Morgan fingerprint density at radius 2 is 0.675 bits per heavy atom. The molecule has 23 nitrogen and oxygen atoms in total. The predicted molar refractivity (Wildman–Crippen MR) is 447 cm³/mol. The number of nitrogens with one attached hydrogen (secondary N) is 3. The minimum Gasteiger partial charge on any atom is -0.497 e. The minimum atomic E-state index is -1.77. The Kier molecular flexibility index (Phi) is 37.6. The molecule has 7 aromatic carbocycles. The van der Waals surface area contributed by atoms with Crippen LogP contribution >= 0.6 is 81.5 Å². The van der Waals surface area contributed by atoms with Crippen LogP contribution in [-0.4, -0.2) is 141 Å². The lowest BCUT2D eigenvalue weighted by Crippen LogP contribution is -2.33. The van der Waals surface area contributed by atoms with E-state index in [2.05, 4.69) is 30.9 Å². The van der Waals surface area contributed by atoms with E-state index in [9.17, 15) is 50.2 Å². The lowest BCUT2D eigenvalue weighted by Gasteiger charge is -2.28. The number of aliphatic hydroxyl groups excluding tert-OH is 2. The average molecular weight is 1690 g/mol. The zero-order valence-corrected chi connectivity index (χ0v) is 66.8. The van der Waals surface area contributed by atoms with Crippen LogP contribution in [0.25, 0.3) is 0 Å². The lowest BCUT2D eigenvalue weighted by atomic mass is 10.0. The van der Waals surface area contributed by atoms with E-state index in [0.717, 1.165) is 150 Å². The number of aliphatic carboxylic acids is 2. The van der Waals surface area contributed by atoms with E-state index in [1.807, 2.05) is 146 Å². The van der Waals surface area contributed by atoms with Gasteiger partial charge in [0.15, 0.2) is 12.2 Å². The monoisotopic (exact) mass is 1690 g/mol. The normalized spacial score (nSPS) is 15.4. The third-order valence-corrected chi connectivity index (χ3v) is 21.9. The number of aliphatic hydroxyl groups is 2. The summed E-state index contributed by atoms with van der Waals surface area (Å²) in [6.07, 6.45) is 8.55. The molecule has 0 saturated carbocycles. The fourth-order valence-electron chi connectivity index (χ4n) is 12.1. The second-order valence-electron chi connectivity index (χ2n) is 25.7. The summed E-state index contributed by atoms with van der Waals surface area (Å²) >= 11 is 31.5. The Labute approximate surface area is 695 Å². The summed E-state index contributed by atoms with van der Waals surface area (Å²) in [5, 5.41) is 71.8. The van der Waals surface area contributed by atoms with Crippen LogP contribution in [0.2, 0.25) is 25.1 Å². The van der Waals surface area contributed by atoms with Crippen molar-refractivity contribution in [2.75, 3.05) is 53.5 Å². The molecule has 7 N–H and O–H groups in total. The topological polar surface area (TPSA) is 322 Å². The molecule has 10 aromatic rings. The van der Waals surface area contributed by atoms with Gasteiger partial charge in [0.25, 0.3) is 11.4 Å². The molecule has 114 heavy (non-hydrogen) atoms. The molecule has 0 bridgehead atoms. The minimum absolute atomic E-state index is 0. The van der Waals surface area contributed by atoms with Crippen LogP contribution < -0.4 is 25.4 Å². The van der Waals surface area contributed by atoms with Crippen LogP contribution in [0, 0.1) is 20.2 Å². The average Bonchev–Trinajstić information content (AvgIpc) is 0.813. The first-order chi connectivity index (χ1) is 54.6. The van der Waals surface area contributed by atoms with Crippen molar-refractivity contribution in [2.45, 2.75) is 115 Å². The Hall–Kier alpha value is -8.84. The lowest BCUT2D eigenvalue weighted by molar-refractivity contribution is -0.387. The van der Waals surface area contributed by atoms with Crippen molar-refractivity contribution >= 4 is 105 Å². The van der Waals surface area contributed by atoms with Crippen LogP contribution in [0.15, 0.2) is 241 Å². The molecule has 7 atom stereocenters. The van der Waals surface area contributed by atoms with Crippen molar-refractivity contribution in [3.05, 3.63) is 321 Å². The van der Waals surface area contributed by atoms with Crippen LogP contribution in [0.3, 0.4) is 0 Å². The standard InChI is InChI=1S/3C17H19ClN2O.2C16H14ClNO6S.CH4/c3*18-14-6-4-13(5-7-14)17(16-3-1-2-10-20-16)21-15-8-11-19-12-9-15;2*1-24-11-5-2-9(3-6-11)15(14(19)16(20)21)25-13-8-10(17)4-7-12(13)18(22)23;/h3*1-7,10,15,17,19H,8-9,11-12H2;2*2-8,14-15,19H,1H3,(H,20,21);1H4/t2*17-;;;;/m00..../s1. The number of benzene rings is 7. The molecule has 3 aliphatic rings. The van der Waals surface area contributed by atoms with Gasteiger partial charge >= 0.3 is 11.9 Å². The number of aromatic nitrogens is 3. The summed E-state index contributed by atoms with van der Waals surface area (Å²) in [6.45, 7) is 6.08. The first kappa shape index (κ1) is 90.7. The second kappa shape index (κ2) is 47.3. The van der Waals surface area contributed by atoms with Crippen molar-refractivity contribution in [2.24, 2.45) is 0 Å². The number of thioether (sulfide) groups is 2. The maximum atomic E-state index is 11.3. The maximum Gasteiger partial charge on any atom is 0.334 e. The van der Waals surface area contributed by atoms with E-state index in [-0.39, 0.29) is 75.3 Å². The molecule has 30 heteroatoms. The highest BCUT2D eigenvalue weighted by Gasteiger charge is 2.34. The SMILES string of the molecule is C.COc1ccc(C(Sc2cc(Cl)ccc2[N+](=O)[O-])C(O)C(=O)O)cc1.COc1ccc(C(Sc2cc(Cl)ccc2[N+](=O)[O-])C(O)C(=O)O)cc1.Clc1ccc(C(OC2CCNCC2)c2ccccn2)cc1.Clc1ccc([C@H](OC2CCNCC2)c2ccccn2)cc1.Clc1ccc([C@H](OC2CCNCC2)c2ccccn2)cc1. The number of hydrogen-bond acceptors (Lipinski definition) is 21. The van der Waals surface area contributed by atoms with Crippen LogP contribution in [0.4, 0.5) is 11.4 Å². The smallest absolute Gasteiger partial charge is 0.334 e. The third kappa shape index (κ3) is 28.3. The number of methoxy groups -OCH3 is 2. The van der Waals surface area contributed by atoms with Gasteiger partial charge in [0.1, 0.15) is 29.8 Å². The molecule has 6 heterocycles. The molecule has 0 spiro atoms. The van der Waals surface area contributed by atoms with Crippen molar-refractivity contribution in [1.82, 2.24) is 30.9 Å². The fraction of sp³-hybridized carbons (Fsp3) is 0.298. The van der Waals surface area contributed by atoms with E-state index in [0.29, 0.717) is 22.6 Å². The number of nitro groups is 2. The molecule has 0 aliphatic carbocycles. The van der Waals surface area contributed by atoms with E-state index < -0.39 is 44.5 Å². The fourth-order valence-corrected chi connectivity index (χ4v) is 15.4. The molecule has 3 aromatic heterocycles. The number of ether oxygens (including phenoxy) is 5. The number of nitro benzene ring substituents is 2. The molecule has 0 radical (unpaired) electrons. The van der Waals surface area contributed by atoms with Gasteiger partial charge in [-0.05, 0) is 227 Å². The first-order valence-corrected chi connectivity index (χ1v) is 39.7. The summed E-state index contributed by atoms with van der Waals surface area (Å²) in [4.78, 5) is 57.5. The summed E-state index contributed by atoms with van der Waals surface area (Å²) < 4.78 is 29.2. The van der Waals surface area contributed by atoms with Gasteiger partial charge in [0, 0.05) is 55.8 Å². The highest BCUT2D eigenvalue weighted by atomic mass is 35.5. The van der Waals surface area contributed by atoms with E-state index >= 15 is 0 Å². The van der Waals surface area contributed by atoms with Crippen LogP contribution in [0.1, 0.15) is 120 Å². The molecule has 3 saturated heterocycles. The summed E-state index contributed by atoms with van der Waals surface area (Å²) in [6, 6.07) is 62.1. The van der Waals surface area contributed by atoms with E-state index in [1.54, 1.807) is 48.5 Å². The Bertz CT molecular complexity index is 4190. The zero-order valence-electron chi connectivity index (χ0n) is 61.4. The highest BCUT2D eigenvalue weighted by molar-refractivity contribution is 8.00. The van der Waals surface area contributed by atoms with Gasteiger partial charge in [-0.25, -0.2) is 9.59 Å². The van der Waals surface area contributed by atoms with Gasteiger partial charge in [0.05, 0.1) is 79.8 Å². The van der Waals surface area contributed by atoms with Crippen molar-refractivity contribution < 1.29 is 63.5 Å². The van der Waals surface area contributed by atoms with Gasteiger partial charge in [-0.3, -0.25) is 35.2 Å². The van der Waals surface area contributed by atoms with Crippen LogP contribution in [-0.2, 0) is 23.8 Å². The highest BCUT2D eigenvalue weighted by Crippen LogP contribution is 2.45. The molecule has 0 amide bonds. The Balaban J connectivity index is 0.000000178. The number of halogens is 5. The number of nitrogens with zero attached hydrogens (tertiary/aromatic N) is 5. The van der Waals surface area contributed by atoms with Gasteiger partial charge in [-0.1, -0.05) is 144 Å². The number of carboxylic acid groups (broad SMARTS) is 2. The van der Waals surface area contributed by atoms with Gasteiger partial charge < -0.3 is 60.1 Å². The number of pyridine rings is 3. The van der Waals surface area contributed by atoms with Gasteiger partial charge in [-0.15, -0.1) is 23.5 Å². The first-order valence-electron chi connectivity index (χ1n) is 36.0. The number of hydrogen-bond donors (Lipinski definition) is 7. The number of carboxylic acids is 2. The molecular weight excluding hydrogens is 1600 g/mol. The summed E-state index contributed by atoms with van der Waals surface area (Å²) in [5.41, 5.74) is 6.64. The molecule has 3 aliphatic heterocycles. The molecule has 5 unspecified atom stereocenters. The molecule has 3 fully saturated rings. The second-order valence-corrected chi connectivity index (χ2v) is 30.3. The maximum absolute atomic E-state index is 11.3. The Morgan fingerprint density at radius 1 is 0.412 bits per heavy atom. The zero-order chi connectivity index (χ0) is 80.6. The van der Waals surface area contributed by atoms with E-state index in [1.165, 1.54) is 50.6 Å². The quantitative estimate of drug-likeness (QED) is 0.0150. The summed E-state index contributed by atoms with van der Waals surface area (Å²) in [5.74, 6) is -1.74. The molecule has 602 valence electrons. The van der Waals surface area contributed by atoms with Crippen LogP contribution in [0.5, 0.6) is 11.5 Å². The molecular formula is C84H89Cl5N8O15S2. The van der Waals surface area contributed by atoms with Crippen molar-refractivity contribution in [3.63, 3.8) is 0 Å². The molecule has 13 rings (SSSR count). The van der Waals surface area contributed by atoms with Crippen molar-refractivity contribution in [1.29, 1.82) is 0 Å². The predicted octanol–water partition coefficient (Wildman–Crippen LogP) is 18.5. The Morgan fingerprint density at radius 3 is 0.912 bits per heavy atom. The van der Waals surface area contributed by atoms with Gasteiger partial charge in [0.2, 0.25) is 0 Å². The number of piperidine rings is 3. The number of rotatable bonds is 26. The number of carbonyl (C=O) groups is 2. The van der Waals surface area contributed by atoms with E-state index in [4.69, 9.17) is 81.7 Å². The van der Waals surface area contributed by atoms with Crippen molar-refractivity contribution in [3.8, 4) is 11.5 Å².